The largest absolute Gasteiger partial charge is 0.378 e. The Morgan fingerprint density at radius 1 is 1.17 bits per heavy atom. The highest BCUT2D eigenvalue weighted by Crippen LogP contribution is 2.33. The van der Waals surface area contributed by atoms with Crippen LogP contribution in [0.5, 0.6) is 0 Å². The molecule has 3 heterocycles. The average molecular weight is 435 g/mol. The van der Waals surface area contributed by atoms with E-state index in [1.807, 2.05) is 9.80 Å². The topological polar surface area (TPSA) is 92.7 Å². The number of allylic oxidation sites excluding steroid dienone is 2. The Bertz CT molecular complexity index is 904. The molecule has 1 aliphatic carbocycles. The summed E-state index contributed by atoms with van der Waals surface area (Å²) >= 11 is 0. The Kier molecular flexibility index (Phi) is 6.38. The first-order valence-corrected chi connectivity index (χ1v) is 12.6. The maximum absolute atomic E-state index is 12.6. The molecule has 3 aliphatic rings. The molecule has 2 aliphatic heterocycles. The molecule has 1 atom stereocenters. The van der Waals surface area contributed by atoms with E-state index in [4.69, 9.17) is 9.72 Å². The molecule has 2 saturated heterocycles. The summed E-state index contributed by atoms with van der Waals surface area (Å²) in [5.74, 6) is 1.13. The van der Waals surface area contributed by atoms with E-state index in [9.17, 15) is 13.2 Å². The van der Waals surface area contributed by atoms with Crippen molar-refractivity contribution < 1.29 is 17.9 Å². The molecule has 1 amide bonds. The maximum Gasteiger partial charge on any atom is 0.225 e. The summed E-state index contributed by atoms with van der Waals surface area (Å²) in [7, 11) is -3.43. The molecule has 0 bridgehead atoms. The number of sulfone groups is 1. The number of nitrogens with zero attached hydrogens (tertiary/aromatic N) is 4. The summed E-state index contributed by atoms with van der Waals surface area (Å²) in [5.41, 5.74) is 0.597. The fraction of sp³-hybridized carbons (Fsp3) is 0.667. The zero-order valence-corrected chi connectivity index (χ0v) is 18.3. The molecule has 2 fully saturated rings. The molecule has 0 spiro atoms. The molecule has 30 heavy (non-hydrogen) atoms. The number of carbonyl (C=O) groups is 1. The zero-order valence-electron chi connectivity index (χ0n) is 17.5. The molecule has 0 aromatic carbocycles. The van der Waals surface area contributed by atoms with Crippen molar-refractivity contribution in [3.8, 4) is 0 Å². The van der Waals surface area contributed by atoms with Gasteiger partial charge < -0.3 is 14.5 Å². The number of likely N-dealkylation sites (tertiary alicyclic amines) is 1. The first-order chi connectivity index (χ1) is 14.4. The van der Waals surface area contributed by atoms with E-state index >= 15 is 0 Å². The van der Waals surface area contributed by atoms with Gasteiger partial charge in [0.25, 0.3) is 0 Å². The summed E-state index contributed by atoms with van der Waals surface area (Å²) in [6, 6.07) is 0. The maximum atomic E-state index is 12.6. The van der Waals surface area contributed by atoms with Crippen molar-refractivity contribution in [3.05, 3.63) is 24.0 Å². The molecular weight excluding hydrogens is 404 g/mol. The van der Waals surface area contributed by atoms with E-state index in [0.29, 0.717) is 76.2 Å². The highest BCUT2D eigenvalue weighted by molar-refractivity contribution is 7.90. The second-order valence-corrected chi connectivity index (χ2v) is 10.4. The Morgan fingerprint density at radius 2 is 1.90 bits per heavy atom. The molecule has 9 heteroatoms. The predicted octanol–water partition coefficient (Wildman–Crippen LogP) is 1.78. The summed E-state index contributed by atoms with van der Waals surface area (Å²) in [5, 5.41) is 0. The van der Waals surface area contributed by atoms with Gasteiger partial charge in [0.2, 0.25) is 11.9 Å². The van der Waals surface area contributed by atoms with Crippen LogP contribution < -0.4 is 4.90 Å². The molecule has 1 aromatic rings. The second kappa shape index (κ2) is 9.01. The van der Waals surface area contributed by atoms with Crippen LogP contribution >= 0.6 is 0 Å². The molecule has 1 aromatic heterocycles. The number of piperidine rings is 1. The molecule has 0 N–H and O–H groups in total. The van der Waals surface area contributed by atoms with Gasteiger partial charge in [0.05, 0.1) is 25.1 Å². The SMILES string of the molecule is CS(=O)(=O)c1cnc(N2CCOCC2)nc1C1CCN(C(=O)C[C@H]2C=CCC2)CC1. The van der Waals surface area contributed by atoms with Gasteiger partial charge in [-0.25, -0.2) is 18.4 Å². The summed E-state index contributed by atoms with van der Waals surface area (Å²) < 4.78 is 30.1. The van der Waals surface area contributed by atoms with Crippen molar-refractivity contribution in [1.29, 1.82) is 0 Å². The van der Waals surface area contributed by atoms with Crippen LogP contribution in [0.1, 0.15) is 43.7 Å². The third-order valence-corrected chi connectivity index (χ3v) is 7.36. The third kappa shape index (κ3) is 4.83. The Morgan fingerprint density at radius 3 is 2.53 bits per heavy atom. The number of ether oxygens (including phenoxy) is 1. The quantitative estimate of drug-likeness (QED) is 0.652. The Hall–Kier alpha value is -2.00. The van der Waals surface area contributed by atoms with Crippen molar-refractivity contribution in [2.45, 2.75) is 42.9 Å². The van der Waals surface area contributed by atoms with Gasteiger partial charge >= 0.3 is 0 Å². The first-order valence-electron chi connectivity index (χ1n) is 10.8. The van der Waals surface area contributed by atoms with Gasteiger partial charge in [-0.15, -0.1) is 0 Å². The molecule has 4 rings (SSSR count). The number of rotatable bonds is 5. The zero-order chi connectivity index (χ0) is 21.1. The van der Waals surface area contributed by atoms with E-state index in [-0.39, 0.29) is 16.7 Å². The normalized spacial score (nSPS) is 23.2. The molecule has 8 nitrogen and oxygen atoms in total. The summed E-state index contributed by atoms with van der Waals surface area (Å²) in [6.07, 6.45) is 11.1. The monoisotopic (exact) mass is 434 g/mol. The Balaban J connectivity index is 1.48. The van der Waals surface area contributed by atoms with Crippen molar-refractivity contribution in [2.75, 3.05) is 50.5 Å². The van der Waals surface area contributed by atoms with Gasteiger partial charge in [-0.1, -0.05) is 12.2 Å². The van der Waals surface area contributed by atoms with E-state index < -0.39 is 9.84 Å². The third-order valence-electron chi connectivity index (χ3n) is 6.25. The van der Waals surface area contributed by atoms with Gasteiger partial charge in [0.15, 0.2) is 9.84 Å². The van der Waals surface area contributed by atoms with Crippen molar-refractivity contribution in [3.63, 3.8) is 0 Å². The Labute approximate surface area is 178 Å². The summed E-state index contributed by atoms with van der Waals surface area (Å²) in [6.45, 7) is 3.90. The van der Waals surface area contributed by atoms with Crippen molar-refractivity contribution in [2.24, 2.45) is 5.92 Å². The van der Waals surface area contributed by atoms with E-state index in [1.165, 1.54) is 12.5 Å². The molecule has 164 valence electrons. The van der Waals surface area contributed by atoms with E-state index in [0.717, 1.165) is 12.8 Å². The van der Waals surface area contributed by atoms with Crippen LogP contribution in [0.25, 0.3) is 0 Å². The minimum absolute atomic E-state index is 0.00735. The van der Waals surface area contributed by atoms with Gasteiger partial charge in [-0.2, -0.15) is 0 Å². The number of aromatic nitrogens is 2. The number of hydrogen-bond donors (Lipinski definition) is 0. The number of amides is 1. The van der Waals surface area contributed by atoms with Gasteiger partial charge in [0.1, 0.15) is 4.90 Å². The van der Waals surface area contributed by atoms with E-state index in [1.54, 1.807) is 0 Å². The fourth-order valence-corrected chi connectivity index (χ4v) is 5.33. The smallest absolute Gasteiger partial charge is 0.225 e. The number of morpholine rings is 1. The lowest BCUT2D eigenvalue weighted by Gasteiger charge is -2.33. The minimum atomic E-state index is -3.43. The lowest BCUT2D eigenvalue weighted by molar-refractivity contribution is -0.132. The lowest BCUT2D eigenvalue weighted by Crippen LogP contribution is -2.39. The van der Waals surface area contributed by atoms with Crippen LogP contribution in [0.2, 0.25) is 0 Å². The lowest BCUT2D eigenvalue weighted by atomic mass is 9.92. The molecule has 0 saturated carbocycles. The predicted molar refractivity (Wildman–Crippen MR) is 113 cm³/mol. The number of anilines is 1. The van der Waals surface area contributed by atoms with Crippen LogP contribution in [0, 0.1) is 5.92 Å². The van der Waals surface area contributed by atoms with Crippen LogP contribution in [-0.2, 0) is 19.4 Å². The summed E-state index contributed by atoms with van der Waals surface area (Å²) in [4.78, 5) is 25.8. The van der Waals surface area contributed by atoms with Crippen LogP contribution in [-0.4, -0.2) is 74.8 Å². The fourth-order valence-electron chi connectivity index (χ4n) is 4.49. The molecule has 0 unspecified atom stereocenters. The minimum Gasteiger partial charge on any atom is -0.378 e. The van der Waals surface area contributed by atoms with Gasteiger partial charge in [-0.3, -0.25) is 4.79 Å². The number of hydrogen-bond acceptors (Lipinski definition) is 7. The number of carbonyl (C=O) groups excluding carboxylic acids is 1. The van der Waals surface area contributed by atoms with Gasteiger partial charge in [0, 0.05) is 44.8 Å². The average Bonchev–Trinajstić information content (AvgIpc) is 3.26. The van der Waals surface area contributed by atoms with Crippen LogP contribution in [0.15, 0.2) is 23.2 Å². The van der Waals surface area contributed by atoms with Crippen molar-refractivity contribution in [1.82, 2.24) is 14.9 Å². The highest BCUT2D eigenvalue weighted by Gasteiger charge is 2.30. The van der Waals surface area contributed by atoms with Crippen LogP contribution in [0.4, 0.5) is 5.95 Å². The molecule has 0 radical (unpaired) electrons. The highest BCUT2D eigenvalue weighted by atomic mass is 32.2. The second-order valence-electron chi connectivity index (χ2n) is 8.42. The van der Waals surface area contributed by atoms with E-state index in [2.05, 4.69) is 17.1 Å². The van der Waals surface area contributed by atoms with Gasteiger partial charge in [-0.05, 0) is 31.6 Å². The first kappa shape index (κ1) is 21.2. The van der Waals surface area contributed by atoms with Crippen LogP contribution in [0.3, 0.4) is 0 Å². The standard InChI is InChI=1S/C21H30N4O4S/c1-30(27,28)18-15-22-21(25-10-12-29-13-11-25)23-20(18)17-6-8-24(9-7-17)19(26)14-16-4-2-3-5-16/h2,4,15-17H,3,5-14H2,1H3/t16-/m0/s1. The molecular formula is C21H30N4O4S. The van der Waals surface area contributed by atoms with Crippen molar-refractivity contribution >= 4 is 21.7 Å².